The molecule has 11 heteroatoms. The minimum atomic E-state index is -0.991. The van der Waals surface area contributed by atoms with E-state index in [2.05, 4.69) is 10.4 Å². The quantitative estimate of drug-likeness (QED) is 0.318. The number of esters is 1. The zero-order chi connectivity index (χ0) is 31.4. The summed E-state index contributed by atoms with van der Waals surface area (Å²) in [5.41, 5.74) is 3.14. The Balaban J connectivity index is 0.000000966. The molecule has 3 heterocycles. The Bertz CT molecular complexity index is 1160. The second-order valence-electron chi connectivity index (χ2n) is 9.05. The molecule has 0 aliphatic carbocycles. The van der Waals surface area contributed by atoms with Crippen molar-refractivity contribution >= 4 is 5.97 Å². The van der Waals surface area contributed by atoms with Crippen molar-refractivity contribution in [1.82, 2.24) is 10.4 Å². The van der Waals surface area contributed by atoms with Gasteiger partial charge in [-0.1, -0.05) is 41.5 Å². The van der Waals surface area contributed by atoms with E-state index in [0.29, 0.717) is 28.7 Å². The van der Waals surface area contributed by atoms with Crippen molar-refractivity contribution in [2.45, 2.75) is 73.0 Å². The number of methoxy groups -OCH3 is 2. The number of nitrogens with two attached hydrogens (primary N) is 1. The molecule has 1 saturated heterocycles. The highest BCUT2D eigenvalue weighted by atomic mass is 16.7. The van der Waals surface area contributed by atoms with E-state index in [9.17, 15) is 4.79 Å². The molecule has 0 spiro atoms. The Hall–Kier alpha value is -3.41. The Labute approximate surface area is 250 Å². The van der Waals surface area contributed by atoms with Gasteiger partial charge in [-0.2, -0.15) is 11.4 Å². The van der Waals surface area contributed by atoms with Gasteiger partial charge in [0.2, 0.25) is 12.5 Å². The number of hydrogen-bond acceptors (Lipinski definition) is 11. The molecule has 5 rings (SSSR count). The third-order valence-electron chi connectivity index (χ3n) is 7.21. The molecular weight excluding hydrogens is 542 g/mol. The fourth-order valence-corrected chi connectivity index (χ4v) is 5.55. The standard InChI is InChI=1S/C25H31N3O8.3C2H6/c1-25(28-7-5-6-8-28)22(24(29)31-4)21(15-11-17-18(33-13-32-17)12-16(15)34-25)14-9-19(30-3)23(35-26)20(10-14)36-27-2;3*1-2/h9-12,21-22,27H,5-8,13,26H2,1-4H3;3*1-2H3. The molecule has 0 radical (unpaired) electrons. The summed E-state index contributed by atoms with van der Waals surface area (Å²) in [6.07, 6.45) is 2.03. The van der Waals surface area contributed by atoms with Crippen molar-refractivity contribution < 1.29 is 38.2 Å². The summed E-state index contributed by atoms with van der Waals surface area (Å²) in [6, 6.07) is 7.24. The molecule has 3 N–H and O–H groups in total. The number of rotatable bonds is 7. The maximum Gasteiger partial charge on any atom is 0.315 e. The van der Waals surface area contributed by atoms with Crippen molar-refractivity contribution in [2.75, 3.05) is 41.1 Å². The molecular formula is C31H49N3O8. The molecule has 2 aromatic rings. The average Bonchev–Trinajstić information content (AvgIpc) is 3.75. The molecule has 11 nitrogen and oxygen atoms in total. The van der Waals surface area contributed by atoms with E-state index in [1.54, 1.807) is 19.2 Å². The first-order valence-electron chi connectivity index (χ1n) is 14.8. The molecule has 42 heavy (non-hydrogen) atoms. The van der Waals surface area contributed by atoms with Gasteiger partial charge < -0.3 is 33.4 Å². The summed E-state index contributed by atoms with van der Waals surface area (Å²) in [4.78, 5) is 26.4. The van der Waals surface area contributed by atoms with E-state index in [0.717, 1.165) is 37.1 Å². The first-order chi connectivity index (χ1) is 20.4. The average molecular weight is 592 g/mol. The normalized spacial score (nSPS) is 21.5. The number of carbonyl (C=O) groups is 1. The fourth-order valence-electron chi connectivity index (χ4n) is 5.55. The lowest BCUT2D eigenvalue weighted by Gasteiger charge is -2.49. The third kappa shape index (κ3) is 6.63. The van der Waals surface area contributed by atoms with Crippen molar-refractivity contribution in [3.63, 3.8) is 0 Å². The first-order valence-corrected chi connectivity index (χ1v) is 14.8. The summed E-state index contributed by atoms with van der Waals surface area (Å²) < 4.78 is 28.9. The highest BCUT2D eigenvalue weighted by Crippen LogP contribution is 2.55. The Morgan fingerprint density at radius 3 is 2.10 bits per heavy atom. The molecule has 1 fully saturated rings. The molecule has 3 aliphatic heterocycles. The van der Waals surface area contributed by atoms with Crippen molar-refractivity contribution in [3.05, 3.63) is 35.4 Å². The lowest BCUT2D eigenvalue weighted by molar-refractivity contribution is -0.172. The summed E-state index contributed by atoms with van der Waals surface area (Å²) >= 11 is 0. The van der Waals surface area contributed by atoms with Crippen LogP contribution in [0, 0.1) is 5.92 Å². The number of likely N-dealkylation sites (tertiary alicyclic amines) is 1. The Kier molecular flexibility index (Phi) is 13.5. The lowest BCUT2D eigenvalue weighted by atomic mass is 9.72. The van der Waals surface area contributed by atoms with Crippen molar-refractivity contribution in [2.24, 2.45) is 11.8 Å². The number of hydrogen-bond donors (Lipinski definition) is 2. The summed E-state index contributed by atoms with van der Waals surface area (Å²) in [7, 11) is 4.51. The van der Waals surface area contributed by atoms with E-state index < -0.39 is 23.5 Å². The monoisotopic (exact) mass is 591 g/mol. The van der Waals surface area contributed by atoms with Crippen LogP contribution in [0.5, 0.6) is 34.5 Å². The number of ether oxygens (including phenoxy) is 5. The van der Waals surface area contributed by atoms with Gasteiger partial charge in [0, 0.05) is 37.7 Å². The van der Waals surface area contributed by atoms with E-state index in [-0.39, 0.29) is 12.5 Å². The number of carbonyl (C=O) groups excluding carboxylic acids is 1. The van der Waals surface area contributed by atoms with Crippen LogP contribution in [-0.4, -0.2) is 57.7 Å². The maximum absolute atomic E-state index is 13.6. The van der Waals surface area contributed by atoms with E-state index >= 15 is 0 Å². The molecule has 2 aromatic carbocycles. The zero-order valence-corrected chi connectivity index (χ0v) is 26.8. The fraction of sp³-hybridized carbons (Fsp3) is 0.581. The van der Waals surface area contributed by atoms with Crippen LogP contribution in [-0.2, 0) is 9.53 Å². The summed E-state index contributed by atoms with van der Waals surface area (Å²) in [5, 5.41) is 0. The minimum Gasteiger partial charge on any atom is -0.493 e. The number of hydroxylamine groups is 1. The number of nitrogens with zero attached hydrogens (tertiary/aromatic N) is 1. The molecule has 3 aliphatic rings. The van der Waals surface area contributed by atoms with Gasteiger partial charge in [0.1, 0.15) is 11.7 Å². The van der Waals surface area contributed by atoms with Gasteiger partial charge in [-0.15, -0.1) is 0 Å². The molecule has 0 saturated carbocycles. The summed E-state index contributed by atoms with van der Waals surface area (Å²) in [5.74, 6) is 6.53. The van der Waals surface area contributed by atoms with Gasteiger partial charge in [-0.25, -0.2) is 0 Å². The predicted molar refractivity (Wildman–Crippen MR) is 161 cm³/mol. The number of nitrogens with one attached hydrogen (secondary N) is 1. The second-order valence-corrected chi connectivity index (χ2v) is 9.05. The number of fused-ring (bicyclic) bond motifs is 2. The largest absolute Gasteiger partial charge is 0.493 e. The highest BCUT2D eigenvalue weighted by Gasteiger charge is 2.56. The van der Waals surface area contributed by atoms with Crippen LogP contribution in [0.4, 0.5) is 0 Å². The SMILES string of the molecule is CC.CC.CC.CNOc1cc(C2c3cc4c(cc3OC(C)(N3CCCC3)C2C(=O)OC)OCO4)cc(OC)c1ON. The van der Waals surface area contributed by atoms with Gasteiger partial charge in [0.05, 0.1) is 14.2 Å². The topological polar surface area (TPSA) is 123 Å². The van der Waals surface area contributed by atoms with Crippen molar-refractivity contribution in [1.29, 1.82) is 0 Å². The van der Waals surface area contributed by atoms with E-state index in [4.69, 9.17) is 39.3 Å². The minimum absolute atomic E-state index is 0.114. The Morgan fingerprint density at radius 1 is 0.952 bits per heavy atom. The van der Waals surface area contributed by atoms with Gasteiger partial charge in [0.15, 0.2) is 28.7 Å². The second kappa shape index (κ2) is 16.3. The van der Waals surface area contributed by atoms with Crippen LogP contribution in [0.15, 0.2) is 24.3 Å². The van der Waals surface area contributed by atoms with Crippen LogP contribution in [0.25, 0.3) is 0 Å². The third-order valence-corrected chi connectivity index (χ3v) is 7.21. The molecule has 0 bridgehead atoms. The van der Waals surface area contributed by atoms with Crippen LogP contribution < -0.4 is 40.0 Å². The maximum atomic E-state index is 13.6. The van der Waals surface area contributed by atoms with E-state index in [1.165, 1.54) is 14.2 Å². The lowest BCUT2D eigenvalue weighted by Crippen LogP contribution is -2.61. The first kappa shape index (κ1) is 34.8. The molecule has 3 atom stereocenters. The molecule has 3 unspecified atom stereocenters. The molecule has 0 aromatic heterocycles. The van der Waals surface area contributed by atoms with Gasteiger partial charge in [-0.05, 0) is 43.5 Å². The molecule has 0 amide bonds. The molecule has 236 valence electrons. The van der Waals surface area contributed by atoms with E-state index in [1.807, 2.05) is 60.6 Å². The number of benzene rings is 2. The van der Waals surface area contributed by atoms with Crippen LogP contribution in [0.2, 0.25) is 0 Å². The van der Waals surface area contributed by atoms with Crippen molar-refractivity contribution in [3.8, 4) is 34.5 Å². The zero-order valence-electron chi connectivity index (χ0n) is 26.8. The summed E-state index contributed by atoms with van der Waals surface area (Å²) in [6.45, 7) is 15.7. The van der Waals surface area contributed by atoms with Gasteiger partial charge in [0.25, 0.3) is 0 Å². The van der Waals surface area contributed by atoms with Crippen LogP contribution >= 0.6 is 0 Å². The van der Waals surface area contributed by atoms with Crippen LogP contribution in [0.3, 0.4) is 0 Å². The van der Waals surface area contributed by atoms with Gasteiger partial charge in [-0.3, -0.25) is 9.69 Å². The van der Waals surface area contributed by atoms with Crippen LogP contribution in [0.1, 0.15) is 78.4 Å². The highest BCUT2D eigenvalue weighted by molar-refractivity contribution is 5.78. The Morgan fingerprint density at radius 2 is 1.55 bits per heavy atom. The van der Waals surface area contributed by atoms with Gasteiger partial charge >= 0.3 is 5.97 Å². The predicted octanol–water partition coefficient (Wildman–Crippen LogP) is 5.39. The smallest absolute Gasteiger partial charge is 0.315 e.